The highest BCUT2D eigenvalue weighted by atomic mass is 35.5. The van der Waals surface area contributed by atoms with E-state index in [1.807, 2.05) is 0 Å². The molecule has 0 aliphatic heterocycles. The standard InChI is InChI=1S/C18H17ClF3N3O3S/c1-17(2,3)29(26,27)13-9-25-11(8-23-16(25)7-12(13)28-4)10-5-14(18(20,21)22)24-15(19)6-10/h5-9H,1-4H3. The lowest BCUT2D eigenvalue weighted by Crippen LogP contribution is -2.28. The van der Waals surface area contributed by atoms with Crippen LogP contribution < -0.4 is 4.74 Å². The van der Waals surface area contributed by atoms with Gasteiger partial charge in [0.15, 0.2) is 9.84 Å². The highest BCUT2D eigenvalue weighted by Crippen LogP contribution is 2.36. The van der Waals surface area contributed by atoms with Crippen LogP contribution in [0.15, 0.2) is 35.5 Å². The third kappa shape index (κ3) is 3.78. The molecule has 0 atom stereocenters. The zero-order chi connectivity index (χ0) is 21.8. The Balaban J connectivity index is 2.31. The number of pyridine rings is 2. The number of hydrogen-bond acceptors (Lipinski definition) is 5. The van der Waals surface area contributed by atoms with E-state index in [0.717, 1.165) is 6.07 Å². The fourth-order valence-corrected chi connectivity index (χ4v) is 4.20. The summed E-state index contributed by atoms with van der Waals surface area (Å²) in [6.45, 7) is 4.62. The van der Waals surface area contributed by atoms with Gasteiger partial charge in [-0.25, -0.2) is 18.4 Å². The predicted molar refractivity (Wildman–Crippen MR) is 102 cm³/mol. The maximum atomic E-state index is 13.1. The van der Waals surface area contributed by atoms with Crippen molar-refractivity contribution in [1.82, 2.24) is 14.4 Å². The van der Waals surface area contributed by atoms with Crippen LogP contribution >= 0.6 is 11.6 Å². The molecule has 156 valence electrons. The van der Waals surface area contributed by atoms with Gasteiger partial charge in [0.05, 0.1) is 23.7 Å². The van der Waals surface area contributed by atoms with Gasteiger partial charge in [-0.3, -0.25) is 4.40 Å². The summed E-state index contributed by atoms with van der Waals surface area (Å²) in [7, 11) is -2.49. The summed E-state index contributed by atoms with van der Waals surface area (Å²) in [5, 5.41) is -0.346. The fourth-order valence-electron chi connectivity index (χ4n) is 2.68. The Morgan fingerprint density at radius 2 is 1.79 bits per heavy atom. The van der Waals surface area contributed by atoms with E-state index in [2.05, 4.69) is 9.97 Å². The molecule has 0 bridgehead atoms. The Bertz CT molecular complexity index is 1200. The molecule has 0 aliphatic carbocycles. The van der Waals surface area contributed by atoms with Gasteiger partial charge in [0.25, 0.3) is 0 Å². The lowest BCUT2D eigenvalue weighted by atomic mass is 10.1. The molecule has 0 unspecified atom stereocenters. The summed E-state index contributed by atoms with van der Waals surface area (Å²) in [6, 6.07) is 3.50. The number of hydrogen-bond donors (Lipinski definition) is 0. The van der Waals surface area contributed by atoms with Crippen LogP contribution in [0.3, 0.4) is 0 Å². The molecule has 0 aromatic carbocycles. The second-order valence-corrected chi connectivity index (χ2v) is 10.3. The van der Waals surface area contributed by atoms with Crippen LogP contribution in [-0.2, 0) is 16.0 Å². The summed E-state index contributed by atoms with van der Waals surface area (Å²) in [5.74, 6) is 0.0910. The van der Waals surface area contributed by atoms with Gasteiger partial charge >= 0.3 is 6.18 Å². The van der Waals surface area contributed by atoms with E-state index in [-0.39, 0.29) is 27.1 Å². The molecule has 3 rings (SSSR count). The zero-order valence-corrected chi connectivity index (χ0v) is 17.4. The monoisotopic (exact) mass is 447 g/mol. The third-order valence-corrected chi connectivity index (χ3v) is 6.96. The lowest BCUT2D eigenvalue weighted by Gasteiger charge is -2.21. The quantitative estimate of drug-likeness (QED) is 0.546. The lowest BCUT2D eigenvalue weighted by molar-refractivity contribution is -0.141. The number of alkyl halides is 3. The Kier molecular flexibility index (Phi) is 5.07. The smallest absolute Gasteiger partial charge is 0.433 e. The van der Waals surface area contributed by atoms with Crippen molar-refractivity contribution >= 4 is 27.1 Å². The fraction of sp³-hybridized carbons (Fsp3) is 0.333. The van der Waals surface area contributed by atoms with Crippen LogP contribution in [0.2, 0.25) is 5.15 Å². The average Bonchev–Trinajstić information content (AvgIpc) is 3.01. The maximum Gasteiger partial charge on any atom is 0.433 e. The number of halogens is 4. The van der Waals surface area contributed by atoms with Gasteiger partial charge < -0.3 is 4.74 Å². The molecule has 29 heavy (non-hydrogen) atoms. The van der Waals surface area contributed by atoms with Crippen LogP contribution in [0, 0.1) is 0 Å². The van der Waals surface area contributed by atoms with Crippen molar-refractivity contribution < 1.29 is 26.3 Å². The molecule has 0 aliphatic rings. The molecule has 3 heterocycles. The molecule has 0 saturated heterocycles. The van der Waals surface area contributed by atoms with Crippen molar-refractivity contribution in [3.05, 3.63) is 41.4 Å². The molecule has 0 amide bonds. The van der Waals surface area contributed by atoms with Gasteiger partial charge in [0.2, 0.25) is 0 Å². The van der Waals surface area contributed by atoms with Crippen LogP contribution in [0.1, 0.15) is 26.5 Å². The molecule has 0 saturated carbocycles. The van der Waals surface area contributed by atoms with Crippen LogP contribution in [-0.4, -0.2) is 34.6 Å². The van der Waals surface area contributed by atoms with Crippen LogP contribution in [0.5, 0.6) is 5.75 Å². The van der Waals surface area contributed by atoms with E-state index in [0.29, 0.717) is 5.65 Å². The number of imidazole rings is 1. The summed E-state index contributed by atoms with van der Waals surface area (Å²) in [4.78, 5) is 7.36. The average molecular weight is 448 g/mol. The minimum atomic E-state index is -4.69. The molecular formula is C18H17ClF3N3O3S. The largest absolute Gasteiger partial charge is 0.495 e. The summed E-state index contributed by atoms with van der Waals surface area (Å²) in [6.07, 6.45) is -2.07. The van der Waals surface area contributed by atoms with Crippen LogP contribution in [0.4, 0.5) is 13.2 Å². The number of fused-ring (bicyclic) bond motifs is 1. The molecule has 0 radical (unpaired) electrons. The maximum absolute atomic E-state index is 13.1. The normalized spacial score (nSPS) is 13.1. The Hall–Kier alpha value is -2.33. The van der Waals surface area contributed by atoms with Crippen LogP contribution in [0.25, 0.3) is 16.9 Å². The molecule has 0 spiro atoms. The first-order valence-corrected chi connectivity index (χ1v) is 10.2. The minimum absolute atomic E-state index is 0.0910. The Morgan fingerprint density at radius 1 is 1.14 bits per heavy atom. The number of nitrogens with zero attached hydrogens (tertiary/aromatic N) is 3. The van der Waals surface area contributed by atoms with Gasteiger partial charge in [-0.15, -0.1) is 0 Å². The molecular weight excluding hydrogens is 431 g/mol. The molecule has 3 aromatic rings. The van der Waals surface area contributed by atoms with Gasteiger partial charge in [-0.05, 0) is 32.9 Å². The number of ether oxygens (including phenoxy) is 1. The minimum Gasteiger partial charge on any atom is -0.495 e. The predicted octanol–water partition coefficient (Wildman–Crippen LogP) is 4.65. The summed E-state index contributed by atoms with van der Waals surface area (Å²) >= 11 is 5.78. The third-order valence-electron chi connectivity index (χ3n) is 4.27. The van der Waals surface area contributed by atoms with Crippen molar-refractivity contribution in [1.29, 1.82) is 0 Å². The van der Waals surface area contributed by atoms with Gasteiger partial charge in [-0.2, -0.15) is 13.2 Å². The highest BCUT2D eigenvalue weighted by Gasteiger charge is 2.35. The number of rotatable bonds is 3. The first-order valence-electron chi connectivity index (χ1n) is 8.30. The van der Waals surface area contributed by atoms with Crippen molar-refractivity contribution in [2.75, 3.05) is 7.11 Å². The zero-order valence-electron chi connectivity index (χ0n) is 15.9. The Labute approximate surface area is 170 Å². The summed E-state index contributed by atoms with van der Waals surface area (Å²) < 4.78 is 70.8. The highest BCUT2D eigenvalue weighted by molar-refractivity contribution is 7.92. The first-order chi connectivity index (χ1) is 13.3. The molecule has 3 aromatic heterocycles. The van der Waals surface area contributed by atoms with Crippen molar-refractivity contribution in [3.8, 4) is 17.0 Å². The summed E-state index contributed by atoms with van der Waals surface area (Å²) in [5.41, 5.74) is -0.547. The Morgan fingerprint density at radius 3 is 2.34 bits per heavy atom. The first kappa shape index (κ1) is 21.4. The second kappa shape index (κ2) is 6.88. The second-order valence-electron chi connectivity index (χ2n) is 7.26. The number of sulfone groups is 1. The van der Waals surface area contributed by atoms with Crippen molar-refractivity contribution in [2.24, 2.45) is 0 Å². The number of methoxy groups -OCH3 is 1. The van der Waals surface area contributed by atoms with E-state index in [1.54, 1.807) is 20.8 Å². The van der Waals surface area contributed by atoms with Crippen molar-refractivity contribution in [2.45, 2.75) is 36.6 Å². The van der Waals surface area contributed by atoms with E-state index in [4.69, 9.17) is 16.3 Å². The topological polar surface area (TPSA) is 73.6 Å². The van der Waals surface area contributed by atoms with Gasteiger partial charge in [0.1, 0.15) is 27.1 Å². The molecule has 11 heteroatoms. The molecule has 0 N–H and O–H groups in total. The van der Waals surface area contributed by atoms with E-state index in [9.17, 15) is 21.6 Å². The molecule has 0 fully saturated rings. The molecule has 6 nitrogen and oxygen atoms in total. The van der Waals surface area contributed by atoms with Gasteiger partial charge in [0, 0.05) is 17.8 Å². The SMILES string of the molecule is COc1cc2ncc(-c3cc(Cl)nc(C(F)(F)F)c3)n2cc1S(=O)(=O)C(C)(C)C. The van der Waals surface area contributed by atoms with E-state index in [1.165, 1.54) is 36.0 Å². The van der Waals surface area contributed by atoms with Crippen molar-refractivity contribution in [3.63, 3.8) is 0 Å². The number of aromatic nitrogens is 3. The van der Waals surface area contributed by atoms with Gasteiger partial charge in [-0.1, -0.05) is 11.6 Å². The van der Waals surface area contributed by atoms with E-state index >= 15 is 0 Å². The van der Waals surface area contributed by atoms with E-state index < -0.39 is 26.5 Å².